The molecule has 0 atom stereocenters. The third kappa shape index (κ3) is 8.35. The Labute approximate surface area is 300 Å². The fourth-order valence-corrected chi connectivity index (χ4v) is 5.46. The van der Waals surface area contributed by atoms with Gasteiger partial charge in [-0.2, -0.15) is 0 Å². The zero-order valence-corrected chi connectivity index (χ0v) is 28.8. The van der Waals surface area contributed by atoms with Gasteiger partial charge in [0.2, 0.25) is 0 Å². The largest absolute Gasteiger partial charge is 0.305 e. The standard InChI is InChI=1S/C33H22N3.C11H8N.Ir/c1-2-16-36-33(13-1)27-10-4-8-25(18-27)24-7-3-9-26(17-24)30-19-31(28-11-5-14-34-22-28)21-32(20-30)29-12-6-15-35-23-29;1-2-6-10(7-3-1)11-8-4-5-9-12-11;/h1-9,11-23H;1-6,8-9H;/q2*-1;. The fraction of sp³-hybridized carbons (Fsp3) is 0. The van der Waals surface area contributed by atoms with E-state index >= 15 is 0 Å². The van der Waals surface area contributed by atoms with E-state index in [-0.39, 0.29) is 20.1 Å². The molecule has 0 saturated carbocycles. The van der Waals surface area contributed by atoms with Gasteiger partial charge in [0, 0.05) is 68.4 Å². The van der Waals surface area contributed by atoms with Crippen molar-refractivity contribution in [3.05, 3.63) is 195 Å². The Kier molecular flexibility index (Phi) is 11.0. The van der Waals surface area contributed by atoms with Gasteiger partial charge in [0.1, 0.15) is 0 Å². The molecule has 0 aliphatic heterocycles. The monoisotopic (exact) mass is 807 g/mol. The van der Waals surface area contributed by atoms with Crippen molar-refractivity contribution in [1.29, 1.82) is 0 Å². The van der Waals surface area contributed by atoms with E-state index in [9.17, 15) is 0 Å². The molecule has 8 rings (SSSR count). The van der Waals surface area contributed by atoms with Crippen molar-refractivity contribution in [2.24, 2.45) is 0 Å². The number of hydrogen-bond donors (Lipinski definition) is 0. The molecule has 0 spiro atoms. The van der Waals surface area contributed by atoms with Crippen LogP contribution in [0.5, 0.6) is 0 Å². The van der Waals surface area contributed by atoms with Crippen molar-refractivity contribution < 1.29 is 20.1 Å². The van der Waals surface area contributed by atoms with Crippen LogP contribution < -0.4 is 0 Å². The fourth-order valence-electron chi connectivity index (χ4n) is 5.46. The van der Waals surface area contributed by atoms with Gasteiger partial charge in [0.15, 0.2) is 0 Å². The van der Waals surface area contributed by atoms with Crippen molar-refractivity contribution in [1.82, 2.24) is 19.9 Å². The molecular formula is C44H30IrN4-2. The molecule has 0 N–H and O–H groups in total. The zero-order valence-electron chi connectivity index (χ0n) is 26.4. The molecule has 4 nitrogen and oxygen atoms in total. The summed E-state index contributed by atoms with van der Waals surface area (Å²) in [6.07, 6.45) is 11.0. The van der Waals surface area contributed by atoms with E-state index in [2.05, 4.69) is 98.8 Å². The van der Waals surface area contributed by atoms with E-state index in [1.54, 1.807) is 18.6 Å². The molecule has 237 valence electrons. The van der Waals surface area contributed by atoms with Gasteiger partial charge >= 0.3 is 0 Å². The summed E-state index contributed by atoms with van der Waals surface area (Å²) in [5.41, 5.74) is 12.9. The number of nitrogens with zero attached hydrogens (tertiary/aromatic N) is 4. The molecule has 8 aromatic rings. The molecule has 4 heterocycles. The molecule has 5 heteroatoms. The van der Waals surface area contributed by atoms with Crippen LogP contribution in [0.3, 0.4) is 0 Å². The molecule has 0 bridgehead atoms. The van der Waals surface area contributed by atoms with E-state index in [1.165, 1.54) is 0 Å². The van der Waals surface area contributed by atoms with Crippen LogP contribution in [0.4, 0.5) is 0 Å². The number of benzene rings is 4. The minimum absolute atomic E-state index is 0. The van der Waals surface area contributed by atoms with Crippen molar-refractivity contribution in [3.63, 3.8) is 0 Å². The molecule has 0 saturated heterocycles. The van der Waals surface area contributed by atoms with E-state index in [4.69, 9.17) is 0 Å². The molecule has 0 amide bonds. The van der Waals surface area contributed by atoms with Crippen molar-refractivity contribution in [2.75, 3.05) is 0 Å². The number of hydrogen-bond acceptors (Lipinski definition) is 4. The van der Waals surface area contributed by atoms with Crippen LogP contribution in [0.25, 0.3) is 67.0 Å². The summed E-state index contributed by atoms with van der Waals surface area (Å²) in [7, 11) is 0. The molecule has 0 aliphatic rings. The average Bonchev–Trinajstić information content (AvgIpc) is 3.20. The first kappa shape index (κ1) is 33.0. The summed E-state index contributed by atoms with van der Waals surface area (Å²) in [4.78, 5) is 17.4. The van der Waals surface area contributed by atoms with Gasteiger partial charge in [0.25, 0.3) is 0 Å². The Hall–Kier alpha value is -5.87. The molecule has 49 heavy (non-hydrogen) atoms. The van der Waals surface area contributed by atoms with Gasteiger partial charge in [-0.3, -0.25) is 9.97 Å². The Morgan fingerprint density at radius 2 is 0.857 bits per heavy atom. The molecule has 0 unspecified atom stereocenters. The Balaban J connectivity index is 0.000000270. The van der Waals surface area contributed by atoms with E-state index in [0.717, 1.165) is 67.0 Å². The predicted molar refractivity (Wildman–Crippen MR) is 194 cm³/mol. The third-order valence-corrected chi connectivity index (χ3v) is 7.84. The maximum atomic E-state index is 4.48. The van der Waals surface area contributed by atoms with Crippen molar-refractivity contribution in [3.8, 4) is 67.0 Å². The second-order valence-corrected chi connectivity index (χ2v) is 11.1. The van der Waals surface area contributed by atoms with Crippen molar-refractivity contribution >= 4 is 0 Å². The van der Waals surface area contributed by atoms with E-state index in [0.29, 0.717) is 0 Å². The van der Waals surface area contributed by atoms with Crippen LogP contribution >= 0.6 is 0 Å². The predicted octanol–water partition coefficient (Wildman–Crippen LogP) is 10.6. The van der Waals surface area contributed by atoms with Gasteiger partial charge in [-0.25, -0.2) is 0 Å². The maximum absolute atomic E-state index is 4.48. The Bertz CT molecular complexity index is 2120. The first-order valence-electron chi connectivity index (χ1n) is 15.7. The minimum atomic E-state index is 0. The van der Waals surface area contributed by atoms with Gasteiger partial charge in [0.05, 0.1) is 0 Å². The summed E-state index contributed by atoms with van der Waals surface area (Å²) in [5, 5.41) is 0. The maximum Gasteiger partial charge on any atom is 0.0346 e. The molecule has 4 aromatic heterocycles. The minimum Gasteiger partial charge on any atom is -0.305 e. The quantitative estimate of drug-likeness (QED) is 0.157. The average molecular weight is 807 g/mol. The van der Waals surface area contributed by atoms with Crippen LogP contribution in [-0.4, -0.2) is 19.9 Å². The Morgan fingerprint density at radius 1 is 0.347 bits per heavy atom. The van der Waals surface area contributed by atoms with E-state index in [1.807, 2.05) is 97.5 Å². The van der Waals surface area contributed by atoms with Gasteiger partial charge in [-0.15, -0.1) is 71.3 Å². The zero-order chi connectivity index (χ0) is 32.4. The van der Waals surface area contributed by atoms with Gasteiger partial charge in [-0.05, 0) is 87.7 Å². The molecule has 1 radical (unpaired) electrons. The van der Waals surface area contributed by atoms with E-state index < -0.39 is 0 Å². The molecule has 0 fully saturated rings. The Morgan fingerprint density at radius 3 is 1.41 bits per heavy atom. The van der Waals surface area contributed by atoms with Crippen molar-refractivity contribution in [2.45, 2.75) is 0 Å². The first-order chi connectivity index (χ1) is 23.8. The topological polar surface area (TPSA) is 51.6 Å². The van der Waals surface area contributed by atoms with Crippen LogP contribution in [0.15, 0.2) is 183 Å². The normalized spacial score (nSPS) is 10.3. The smallest absolute Gasteiger partial charge is 0.0346 e. The second-order valence-electron chi connectivity index (χ2n) is 11.1. The first-order valence-corrected chi connectivity index (χ1v) is 15.7. The second kappa shape index (κ2) is 16.3. The van der Waals surface area contributed by atoms with Gasteiger partial charge < -0.3 is 9.97 Å². The van der Waals surface area contributed by atoms with Gasteiger partial charge in [-0.1, -0.05) is 54.6 Å². The molecule has 4 aromatic carbocycles. The third-order valence-electron chi connectivity index (χ3n) is 7.84. The summed E-state index contributed by atoms with van der Waals surface area (Å²) in [6, 6.07) is 55.7. The summed E-state index contributed by atoms with van der Waals surface area (Å²) < 4.78 is 0. The SMILES string of the molecule is [Ir].[c-]1ccc(-c2cccc(-c3cc(-c4cccnc4)cc(-c4cccnc4)c3)c2)cc1-c1ccccn1.[c-]1ccccc1-c1ccccn1. The van der Waals surface area contributed by atoms with Crippen LogP contribution in [0.1, 0.15) is 0 Å². The number of aromatic nitrogens is 4. The summed E-state index contributed by atoms with van der Waals surface area (Å²) >= 11 is 0. The molecular weight excluding hydrogens is 777 g/mol. The van der Waals surface area contributed by atoms with Crippen LogP contribution in [0.2, 0.25) is 0 Å². The summed E-state index contributed by atoms with van der Waals surface area (Å²) in [6.45, 7) is 0. The van der Waals surface area contributed by atoms with Crippen LogP contribution in [-0.2, 0) is 20.1 Å². The molecule has 0 aliphatic carbocycles. The van der Waals surface area contributed by atoms with Crippen LogP contribution in [0, 0.1) is 12.1 Å². The summed E-state index contributed by atoms with van der Waals surface area (Å²) in [5.74, 6) is 0. The number of rotatable bonds is 6. The number of pyridine rings is 4.